The van der Waals surface area contributed by atoms with Gasteiger partial charge in [0.05, 0.1) is 23.7 Å². The van der Waals surface area contributed by atoms with Crippen molar-refractivity contribution in [2.24, 2.45) is 0 Å². The lowest BCUT2D eigenvalue weighted by Crippen LogP contribution is -2.51. The van der Waals surface area contributed by atoms with Crippen molar-refractivity contribution in [2.75, 3.05) is 24.0 Å². The molecule has 1 aliphatic heterocycles. The number of hydrogen-bond acceptors (Lipinski definition) is 5. The van der Waals surface area contributed by atoms with E-state index in [9.17, 15) is 13.2 Å². The highest BCUT2D eigenvalue weighted by Crippen LogP contribution is 2.37. The third-order valence-corrected chi connectivity index (χ3v) is 8.07. The van der Waals surface area contributed by atoms with E-state index < -0.39 is 22.0 Å². The Labute approximate surface area is 216 Å². The van der Waals surface area contributed by atoms with Crippen LogP contribution in [0.1, 0.15) is 11.1 Å². The van der Waals surface area contributed by atoms with Crippen molar-refractivity contribution >= 4 is 32.4 Å². The number of amides is 1. The van der Waals surface area contributed by atoms with Crippen molar-refractivity contribution in [1.29, 1.82) is 0 Å². The molecule has 0 aliphatic carbocycles. The Bertz CT molecular complexity index is 1550. The Morgan fingerprint density at radius 1 is 0.946 bits per heavy atom. The number of nitrogens with zero attached hydrogens (tertiary/aromatic N) is 1. The molecule has 0 bridgehead atoms. The molecule has 1 amide bonds. The van der Waals surface area contributed by atoms with Gasteiger partial charge in [0.25, 0.3) is 15.9 Å². The van der Waals surface area contributed by atoms with Crippen LogP contribution in [0.4, 0.5) is 5.69 Å². The molecule has 4 aromatic carbocycles. The van der Waals surface area contributed by atoms with Crippen LogP contribution in [0, 0.1) is 13.8 Å². The van der Waals surface area contributed by atoms with Gasteiger partial charge in [-0.2, -0.15) is 0 Å². The maximum absolute atomic E-state index is 13.5. The second kappa shape index (κ2) is 10.1. The fourth-order valence-corrected chi connectivity index (χ4v) is 5.75. The zero-order valence-electron chi connectivity index (χ0n) is 20.7. The van der Waals surface area contributed by atoms with Gasteiger partial charge < -0.3 is 14.8 Å². The summed E-state index contributed by atoms with van der Waals surface area (Å²) in [5, 5.41) is 5.01. The topological polar surface area (TPSA) is 84.9 Å². The van der Waals surface area contributed by atoms with Gasteiger partial charge in [0.15, 0.2) is 6.10 Å². The molecule has 5 rings (SSSR count). The molecule has 1 atom stereocenters. The highest BCUT2D eigenvalue weighted by atomic mass is 32.2. The Morgan fingerprint density at radius 2 is 1.68 bits per heavy atom. The summed E-state index contributed by atoms with van der Waals surface area (Å²) in [5.41, 5.74) is 2.27. The van der Waals surface area contributed by atoms with Gasteiger partial charge in [-0.1, -0.05) is 54.1 Å². The lowest BCUT2D eigenvalue weighted by molar-refractivity contribution is -0.127. The Kier molecular flexibility index (Phi) is 6.76. The summed E-state index contributed by atoms with van der Waals surface area (Å²) in [5.74, 6) is 0.662. The van der Waals surface area contributed by atoms with E-state index in [0.717, 1.165) is 21.9 Å². The largest absolute Gasteiger partial charge is 0.492 e. The number of hydrogen-bond donors (Lipinski definition) is 1. The first-order valence-electron chi connectivity index (χ1n) is 12.1. The molecular weight excluding hydrogens is 488 g/mol. The number of carbonyl (C=O) groups excluding carboxylic acids is 1. The molecule has 8 heteroatoms. The van der Waals surface area contributed by atoms with E-state index in [-0.39, 0.29) is 24.6 Å². The average Bonchev–Trinajstić information content (AvgIpc) is 2.90. The summed E-state index contributed by atoms with van der Waals surface area (Å²) in [6.45, 7) is 4.15. The molecule has 0 unspecified atom stereocenters. The van der Waals surface area contributed by atoms with Crippen molar-refractivity contribution in [3.05, 3.63) is 96.1 Å². The third-order valence-electron chi connectivity index (χ3n) is 6.28. The Balaban J connectivity index is 1.28. The SMILES string of the molecule is Cc1ccc(S(=O)(=O)N2C[C@H](C(=O)NCCOc3ccc4ccccc4c3)Oc3cc(C)ccc32)cc1. The van der Waals surface area contributed by atoms with Crippen molar-refractivity contribution in [1.82, 2.24) is 5.32 Å². The van der Waals surface area contributed by atoms with Crippen LogP contribution in [0.2, 0.25) is 0 Å². The van der Waals surface area contributed by atoms with Crippen LogP contribution in [0.15, 0.2) is 89.8 Å². The summed E-state index contributed by atoms with van der Waals surface area (Å²) in [6.07, 6.45) is -1.00. The second-order valence-corrected chi connectivity index (χ2v) is 10.9. The highest BCUT2D eigenvalue weighted by Gasteiger charge is 2.37. The minimum Gasteiger partial charge on any atom is -0.492 e. The zero-order valence-corrected chi connectivity index (χ0v) is 21.5. The number of rotatable bonds is 7. The van der Waals surface area contributed by atoms with E-state index in [1.807, 2.05) is 62.4 Å². The van der Waals surface area contributed by atoms with Gasteiger partial charge in [0.1, 0.15) is 18.1 Å². The van der Waals surface area contributed by atoms with Gasteiger partial charge in [-0.3, -0.25) is 9.10 Å². The van der Waals surface area contributed by atoms with Gasteiger partial charge in [0.2, 0.25) is 0 Å². The number of nitrogens with one attached hydrogen (secondary N) is 1. The fraction of sp³-hybridized carbons (Fsp3) is 0.207. The Hall–Kier alpha value is -4.04. The van der Waals surface area contributed by atoms with Crippen LogP contribution in [0.25, 0.3) is 10.8 Å². The summed E-state index contributed by atoms with van der Waals surface area (Å²) in [6, 6.07) is 25.8. The molecule has 0 spiro atoms. The summed E-state index contributed by atoms with van der Waals surface area (Å²) >= 11 is 0. The third kappa shape index (κ3) is 5.24. The number of sulfonamides is 1. The maximum Gasteiger partial charge on any atom is 0.264 e. The normalized spacial score (nSPS) is 15.1. The lowest BCUT2D eigenvalue weighted by atomic mass is 10.1. The smallest absolute Gasteiger partial charge is 0.264 e. The summed E-state index contributed by atoms with van der Waals surface area (Å²) < 4.78 is 40.1. The first-order chi connectivity index (χ1) is 17.8. The van der Waals surface area contributed by atoms with Crippen LogP contribution in [0.5, 0.6) is 11.5 Å². The molecule has 0 radical (unpaired) electrons. The Morgan fingerprint density at radius 3 is 2.46 bits per heavy atom. The van der Waals surface area contributed by atoms with Gasteiger partial charge >= 0.3 is 0 Å². The average molecular weight is 517 g/mol. The number of benzene rings is 4. The number of anilines is 1. The van der Waals surface area contributed by atoms with Crippen LogP contribution < -0.4 is 19.1 Å². The predicted octanol–water partition coefficient (Wildman–Crippen LogP) is 4.61. The van der Waals surface area contributed by atoms with E-state index >= 15 is 0 Å². The second-order valence-electron chi connectivity index (χ2n) is 9.08. The van der Waals surface area contributed by atoms with Gasteiger partial charge in [-0.15, -0.1) is 0 Å². The van der Waals surface area contributed by atoms with Gasteiger partial charge in [-0.25, -0.2) is 8.42 Å². The minimum absolute atomic E-state index is 0.135. The molecule has 4 aromatic rings. The van der Waals surface area contributed by atoms with E-state index in [0.29, 0.717) is 17.2 Å². The molecule has 0 aromatic heterocycles. The molecule has 0 saturated carbocycles. The quantitative estimate of drug-likeness (QED) is 0.363. The molecule has 7 nitrogen and oxygen atoms in total. The molecule has 0 fully saturated rings. The summed E-state index contributed by atoms with van der Waals surface area (Å²) in [4.78, 5) is 13.2. The number of fused-ring (bicyclic) bond motifs is 2. The van der Waals surface area contributed by atoms with E-state index in [2.05, 4.69) is 5.32 Å². The maximum atomic E-state index is 13.5. The highest BCUT2D eigenvalue weighted by molar-refractivity contribution is 7.92. The molecule has 1 N–H and O–H groups in total. The molecule has 0 saturated heterocycles. The van der Waals surface area contributed by atoms with Crippen molar-refractivity contribution < 1.29 is 22.7 Å². The molecule has 1 aliphatic rings. The van der Waals surface area contributed by atoms with E-state index in [1.54, 1.807) is 36.4 Å². The first kappa shape index (κ1) is 24.6. The first-order valence-corrected chi connectivity index (χ1v) is 13.5. The molecule has 37 heavy (non-hydrogen) atoms. The van der Waals surface area contributed by atoms with Gasteiger partial charge in [-0.05, 0) is 66.6 Å². The van der Waals surface area contributed by atoms with Crippen LogP contribution in [-0.2, 0) is 14.8 Å². The van der Waals surface area contributed by atoms with Crippen LogP contribution in [0.3, 0.4) is 0 Å². The summed E-state index contributed by atoms with van der Waals surface area (Å²) in [7, 11) is -3.90. The minimum atomic E-state index is -3.90. The number of aryl methyl sites for hydroxylation is 2. The number of carbonyl (C=O) groups is 1. The molecule has 190 valence electrons. The van der Waals surface area contributed by atoms with E-state index in [4.69, 9.17) is 9.47 Å². The van der Waals surface area contributed by atoms with Gasteiger partial charge in [0, 0.05) is 0 Å². The monoisotopic (exact) mass is 516 g/mol. The fourth-order valence-electron chi connectivity index (χ4n) is 4.28. The number of ether oxygens (including phenoxy) is 2. The molecular formula is C29H28N2O5S. The van der Waals surface area contributed by atoms with Crippen molar-refractivity contribution in [2.45, 2.75) is 24.8 Å². The standard InChI is InChI=1S/C29H28N2O5S/c1-20-7-12-25(13-8-20)37(33,34)31-19-28(36-27-17-21(2)9-14-26(27)31)29(32)30-15-16-35-24-11-10-22-5-3-4-6-23(22)18-24/h3-14,17-18,28H,15-16,19H2,1-2H3,(H,30,32)/t28-/m1/s1. The lowest BCUT2D eigenvalue weighted by Gasteiger charge is -2.35. The zero-order chi connectivity index (χ0) is 26.0. The van der Waals surface area contributed by atoms with E-state index in [1.165, 1.54) is 4.31 Å². The van der Waals surface area contributed by atoms with Crippen molar-refractivity contribution in [3.8, 4) is 11.5 Å². The predicted molar refractivity (Wildman–Crippen MR) is 144 cm³/mol. The van der Waals surface area contributed by atoms with Crippen molar-refractivity contribution in [3.63, 3.8) is 0 Å². The molecule has 1 heterocycles. The van der Waals surface area contributed by atoms with Crippen LogP contribution in [-0.4, -0.2) is 40.1 Å². The van der Waals surface area contributed by atoms with Crippen LogP contribution >= 0.6 is 0 Å².